The first kappa shape index (κ1) is 15.8. The lowest BCUT2D eigenvalue weighted by Crippen LogP contribution is -2.42. The molecule has 1 aliphatic carbocycles. The zero-order valence-corrected chi connectivity index (χ0v) is 14.2. The fourth-order valence-electron chi connectivity index (χ4n) is 2.77. The number of rotatable bonds is 3. The first-order valence-corrected chi connectivity index (χ1v) is 8.09. The maximum Gasteiger partial charge on any atom is 0.255 e. The van der Waals surface area contributed by atoms with Crippen molar-refractivity contribution in [3.05, 3.63) is 33.3 Å². The summed E-state index contributed by atoms with van der Waals surface area (Å²) < 4.78 is 0.885. The van der Waals surface area contributed by atoms with Gasteiger partial charge < -0.3 is 10.2 Å². The Bertz CT molecular complexity index is 487. The van der Waals surface area contributed by atoms with Crippen molar-refractivity contribution < 1.29 is 4.79 Å². The Kier molecular flexibility index (Phi) is 5.47. The summed E-state index contributed by atoms with van der Waals surface area (Å²) in [6.07, 6.45) is 4.32. The van der Waals surface area contributed by atoms with Crippen LogP contribution in [-0.4, -0.2) is 37.0 Å². The zero-order valence-electron chi connectivity index (χ0n) is 11.8. The number of hydrogen-bond donors (Lipinski definition) is 1. The average molecular weight is 360 g/mol. The molecule has 0 unspecified atom stereocenters. The molecule has 0 radical (unpaired) electrons. The molecule has 110 valence electrons. The lowest BCUT2D eigenvalue weighted by Gasteiger charge is -2.34. The predicted octanol–water partition coefficient (Wildman–Crippen LogP) is 3.71. The van der Waals surface area contributed by atoms with Crippen LogP contribution in [-0.2, 0) is 0 Å². The normalized spacial score (nSPS) is 22.6. The minimum Gasteiger partial charge on any atom is -0.339 e. The number of nitrogens with zero attached hydrogens (tertiary/aromatic N) is 1. The van der Waals surface area contributed by atoms with Gasteiger partial charge in [0.05, 0.1) is 10.6 Å². The van der Waals surface area contributed by atoms with Crippen molar-refractivity contribution in [2.75, 3.05) is 14.1 Å². The number of nitrogens with one attached hydrogen (secondary N) is 1. The van der Waals surface area contributed by atoms with Crippen molar-refractivity contribution in [2.24, 2.45) is 0 Å². The summed E-state index contributed by atoms with van der Waals surface area (Å²) in [5.74, 6) is 0.00964. The van der Waals surface area contributed by atoms with E-state index in [1.54, 1.807) is 12.1 Å². The van der Waals surface area contributed by atoms with Crippen molar-refractivity contribution >= 4 is 33.4 Å². The van der Waals surface area contributed by atoms with Crippen molar-refractivity contribution in [1.29, 1.82) is 0 Å². The topological polar surface area (TPSA) is 32.3 Å². The quantitative estimate of drug-likeness (QED) is 0.892. The van der Waals surface area contributed by atoms with Gasteiger partial charge in [-0.15, -0.1) is 0 Å². The third kappa shape index (κ3) is 3.54. The van der Waals surface area contributed by atoms with Gasteiger partial charge in [-0.3, -0.25) is 4.79 Å². The maximum absolute atomic E-state index is 12.5. The number of carbonyl (C=O) groups is 1. The van der Waals surface area contributed by atoms with E-state index in [0.717, 1.165) is 30.2 Å². The molecule has 0 spiro atoms. The Balaban J connectivity index is 2.05. The molecular formula is C15H20BrClN2O. The molecule has 1 N–H and O–H groups in total. The molecule has 1 fully saturated rings. The molecule has 1 aromatic rings. The van der Waals surface area contributed by atoms with E-state index in [1.165, 1.54) is 0 Å². The highest BCUT2D eigenvalue weighted by Gasteiger charge is 2.27. The molecule has 0 saturated heterocycles. The summed E-state index contributed by atoms with van der Waals surface area (Å²) in [5.41, 5.74) is 0.577. The second kappa shape index (κ2) is 6.92. The van der Waals surface area contributed by atoms with Crippen molar-refractivity contribution in [3.63, 3.8) is 0 Å². The molecule has 5 heteroatoms. The number of benzene rings is 1. The lowest BCUT2D eigenvalue weighted by molar-refractivity contribution is 0.0686. The maximum atomic E-state index is 12.5. The third-order valence-corrected chi connectivity index (χ3v) is 4.94. The van der Waals surface area contributed by atoms with E-state index in [-0.39, 0.29) is 5.91 Å². The molecule has 1 aromatic carbocycles. The van der Waals surface area contributed by atoms with Crippen LogP contribution < -0.4 is 5.32 Å². The Morgan fingerprint density at radius 1 is 1.35 bits per heavy atom. The summed E-state index contributed by atoms with van der Waals surface area (Å²) in [6, 6.07) is 6.30. The minimum atomic E-state index is 0.00964. The second-order valence-electron chi connectivity index (χ2n) is 5.33. The van der Waals surface area contributed by atoms with Gasteiger partial charge in [0, 0.05) is 23.6 Å². The van der Waals surface area contributed by atoms with Gasteiger partial charge in [-0.2, -0.15) is 0 Å². The number of hydrogen-bond acceptors (Lipinski definition) is 2. The van der Waals surface area contributed by atoms with Gasteiger partial charge in [-0.05, 0) is 50.9 Å². The van der Waals surface area contributed by atoms with E-state index >= 15 is 0 Å². The largest absolute Gasteiger partial charge is 0.339 e. The van der Waals surface area contributed by atoms with Gasteiger partial charge in [0.1, 0.15) is 0 Å². The summed E-state index contributed by atoms with van der Waals surface area (Å²) in [6.45, 7) is 0. The first-order valence-electron chi connectivity index (χ1n) is 6.92. The minimum absolute atomic E-state index is 0.00964. The van der Waals surface area contributed by atoms with Crippen molar-refractivity contribution in [2.45, 2.75) is 37.8 Å². The third-order valence-electron chi connectivity index (χ3n) is 4.13. The molecule has 0 aliphatic heterocycles. The summed E-state index contributed by atoms with van der Waals surface area (Å²) >= 11 is 9.52. The molecule has 2 rings (SSSR count). The van der Waals surface area contributed by atoms with Crippen LogP contribution in [0.2, 0.25) is 5.02 Å². The van der Waals surface area contributed by atoms with E-state index in [2.05, 4.69) is 21.2 Å². The summed E-state index contributed by atoms with van der Waals surface area (Å²) in [5, 5.41) is 3.81. The zero-order chi connectivity index (χ0) is 14.7. The van der Waals surface area contributed by atoms with Crippen molar-refractivity contribution in [3.8, 4) is 0 Å². The first-order chi connectivity index (χ1) is 9.52. The molecule has 20 heavy (non-hydrogen) atoms. The summed E-state index contributed by atoms with van der Waals surface area (Å²) in [7, 11) is 3.88. The second-order valence-corrected chi connectivity index (χ2v) is 6.66. The summed E-state index contributed by atoms with van der Waals surface area (Å²) in [4.78, 5) is 14.4. The lowest BCUT2D eigenvalue weighted by atomic mass is 9.90. The van der Waals surface area contributed by atoms with Crippen molar-refractivity contribution in [1.82, 2.24) is 10.2 Å². The molecular weight excluding hydrogens is 340 g/mol. The van der Waals surface area contributed by atoms with Crippen LogP contribution in [0.1, 0.15) is 36.0 Å². The van der Waals surface area contributed by atoms with E-state index in [9.17, 15) is 4.79 Å². The van der Waals surface area contributed by atoms with E-state index in [0.29, 0.717) is 22.7 Å². The van der Waals surface area contributed by atoms with E-state index in [4.69, 9.17) is 11.6 Å². The van der Waals surface area contributed by atoms with Gasteiger partial charge >= 0.3 is 0 Å². The van der Waals surface area contributed by atoms with Crippen LogP contribution in [0, 0.1) is 0 Å². The van der Waals surface area contributed by atoms with E-state index in [1.807, 2.05) is 25.1 Å². The van der Waals surface area contributed by atoms with Gasteiger partial charge in [-0.25, -0.2) is 0 Å². The highest BCUT2D eigenvalue weighted by Crippen LogP contribution is 2.26. The monoisotopic (exact) mass is 358 g/mol. The SMILES string of the molecule is CNC1CCC(N(C)C(=O)c2ccc(Br)cc2Cl)CC1. The Morgan fingerprint density at radius 2 is 2.00 bits per heavy atom. The van der Waals surface area contributed by atoms with Crippen LogP contribution in [0.15, 0.2) is 22.7 Å². The number of amides is 1. The van der Waals surface area contributed by atoms with Gasteiger partial charge in [0.25, 0.3) is 5.91 Å². The smallest absolute Gasteiger partial charge is 0.255 e. The van der Waals surface area contributed by atoms with Crippen LogP contribution in [0.5, 0.6) is 0 Å². The van der Waals surface area contributed by atoms with Gasteiger partial charge in [-0.1, -0.05) is 27.5 Å². The highest BCUT2D eigenvalue weighted by molar-refractivity contribution is 9.10. The number of carbonyl (C=O) groups excluding carboxylic acids is 1. The van der Waals surface area contributed by atoms with Gasteiger partial charge in [0.2, 0.25) is 0 Å². The van der Waals surface area contributed by atoms with E-state index < -0.39 is 0 Å². The molecule has 0 aromatic heterocycles. The fraction of sp³-hybridized carbons (Fsp3) is 0.533. The molecule has 1 amide bonds. The van der Waals surface area contributed by atoms with Gasteiger partial charge in [0.15, 0.2) is 0 Å². The highest BCUT2D eigenvalue weighted by atomic mass is 79.9. The van der Waals surface area contributed by atoms with Crippen LogP contribution in [0.25, 0.3) is 0 Å². The Morgan fingerprint density at radius 3 is 2.55 bits per heavy atom. The molecule has 1 aliphatic rings. The molecule has 0 atom stereocenters. The Hall–Kier alpha value is -0.580. The van der Waals surface area contributed by atoms with Crippen LogP contribution >= 0.6 is 27.5 Å². The standard InChI is InChI=1S/C15H20BrClN2O/c1-18-11-4-6-12(7-5-11)19(2)15(20)13-8-3-10(16)9-14(13)17/h3,8-9,11-12,18H,4-7H2,1-2H3. The molecule has 0 bridgehead atoms. The fourth-order valence-corrected chi connectivity index (χ4v) is 3.52. The molecule has 1 saturated carbocycles. The number of halogens is 2. The van der Waals surface area contributed by atoms with Crippen LogP contribution in [0.3, 0.4) is 0 Å². The van der Waals surface area contributed by atoms with Crippen LogP contribution in [0.4, 0.5) is 0 Å². The predicted molar refractivity (Wildman–Crippen MR) is 86.3 cm³/mol. The molecule has 0 heterocycles. The average Bonchev–Trinajstić information content (AvgIpc) is 2.46. The Labute approximate surface area is 133 Å². The molecule has 3 nitrogen and oxygen atoms in total.